The van der Waals surface area contributed by atoms with Crippen molar-refractivity contribution in [3.05, 3.63) is 41.1 Å². The Kier molecular flexibility index (Phi) is 3.15. The van der Waals surface area contributed by atoms with E-state index in [9.17, 15) is 4.79 Å². The maximum atomic E-state index is 12.3. The zero-order chi connectivity index (χ0) is 12.0. The molecule has 88 valence electrons. The second-order valence-electron chi connectivity index (χ2n) is 3.97. The smallest absolute Gasteiger partial charge is 0.212 e. The highest BCUT2D eigenvalue weighted by atomic mass is 79.9. The lowest BCUT2D eigenvalue weighted by Gasteiger charge is -1.92. The molecule has 1 aliphatic carbocycles. The van der Waals surface area contributed by atoms with E-state index in [4.69, 9.17) is 11.6 Å². The fourth-order valence-electron chi connectivity index (χ4n) is 2.02. The Morgan fingerprint density at radius 2 is 2.00 bits per heavy atom. The molecule has 5 heteroatoms. The minimum atomic E-state index is 0.0991. The van der Waals surface area contributed by atoms with Crippen molar-refractivity contribution in [2.45, 2.75) is 19.3 Å². The van der Waals surface area contributed by atoms with Gasteiger partial charge in [-0.05, 0) is 52.9 Å². The molecule has 0 unspecified atom stereocenters. The maximum absolute atomic E-state index is 12.3. The van der Waals surface area contributed by atoms with Gasteiger partial charge >= 0.3 is 0 Å². The third-order valence-corrected chi connectivity index (χ3v) is 6.55. The Morgan fingerprint density at radius 1 is 1.24 bits per heavy atom. The van der Waals surface area contributed by atoms with Crippen molar-refractivity contribution in [2.24, 2.45) is 0 Å². The van der Waals surface area contributed by atoms with E-state index in [0.717, 1.165) is 21.5 Å². The monoisotopic (exact) mass is 346 g/mol. The van der Waals surface area contributed by atoms with Gasteiger partial charge in [-0.1, -0.05) is 11.6 Å². The van der Waals surface area contributed by atoms with Gasteiger partial charge in [-0.25, -0.2) is 0 Å². The van der Waals surface area contributed by atoms with E-state index in [1.54, 1.807) is 17.4 Å². The summed E-state index contributed by atoms with van der Waals surface area (Å²) in [7, 11) is 0. The summed E-state index contributed by atoms with van der Waals surface area (Å²) in [6, 6.07) is 3.79. The summed E-state index contributed by atoms with van der Waals surface area (Å²) < 4.78 is 0.826. The number of thiophene rings is 2. The van der Waals surface area contributed by atoms with Crippen LogP contribution in [0.25, 0.3) is 0 Å². The molecule has 0 N–H and O–H groups in total. The Balaban J connectivity index is 1.95. The second-order valence-corrected chi connectivity index (χ2v) is 7.89. The predicted molar refractivity (Wildman–Crippen MR) is 76.8 cm³/mol. The van der Waals surface area contributed by atoms with Gasteiger partial charge in [0.1, 0.15) is 0 Å². The van der Waals surface area contributed by atoms with Crippen LogP contribution in [0.2, 0.25) is 5.02 Å². The molecule has 1 nitrogen and oxygen atoms in total. The molecule has 0 aliphatic heterocycles. The van der Waals surface area contributed by atoms with E-state index in [0.29, 0.717) is 9.90 Å². The third kappa shape index (κ3) is 2.12. The van der Waals surface area contributed by atoms with E-state index >= 15 is 0 Å². The minimum Gasteiger partial charge on any atom is -0.287 e. The van der Waals surface area contributed by atoms with Crippen LogP contribution in [-0.2, 0) is 12.8 Å². The van der Waals surface area contributed by atoms with Gasteiger partial charge in [-0.2, -0.15) is 0 Å². The van der Waals surface area contributed by atoms with Crippen molar-refractivity contribution in [1.29, 1.82) is 0 Å². The number of rotatable bonds is 2. The summed E-state index contributed by atoms with van der Waals surface area (Å²) in [6.45, 7) is 0. The van der Waals surface area contributed by atoms with Crippen LogP contribution in [0, 0.1) is 0 Å². The van der Waals surface area contributed by atoms with E-state index in [1.165, 1.54) is 28.2 Å². The van der Waals surface area contributed by atoms with Gasteiger partial charge in [-0.3, -0.25) is 4.79 Å². The van der Waals surface area contributed by atoms with Crippen LogP contribution in [0.3, 0.4) is 0 Å². The molecule has 2 heterocycles. The summed E-state index contributed by atoms with van der Waals surface area (Å²) in [5, 5.41) is 0.613. The topological polar surface area (TPSA) is 17.1 Å². The quantitative estimate of drug-likeness (QED) is 0.703. The first-order valence-electron chi connectivity index (χ1n) is 5.26. The molecule has 1 aliphatic rings. The highest BCUT2D eigenvalue weighted by Crippen LogP contribution is 2.36. The zero-order valence-corrected chi connectivity index (χ0v) is 12.7. The van der Waals surface area contributed by atoms with Crippen LogP contribution >= 0.6 is 50.2 Å². The fraction of sp³-hybridized carbons (Fsp3) is 0.250. The van der Waals surface area contributed by atoms with E-state index in [-0.39, 0.29) is 5.78 Å². The molecular formula is C12H8BrClOS2. The standard InChI is InChI=1S/C12H8BrClOS2/c13-12-7(14)5-10(17-12)11(15)9-4-6-2-1-3-8(6)16-9/h4-5H,1-3H2. The lowest BCUT2D eigenvalue weighted by molar-refractivity contribution is 0.104. The Morgan fingerprint density at radius 3 is 2.65 bits per heavy atom. The van der Waals surface area contributed by atoms with E-state index in [1.807, 2.05) is 0 Å². The van der Waals surface area contributed by atoms with Crippen molar-refractivity contribution >= 4 is 56.0 Å². The SMILES string of the molecule is O=C(c1cc(Cl)c(Br)s1)c1cc2c(s1)CCC2. The molecular weight excluding hydrogens is 340 g/mol. The summed E-state index contributed by atoms with van der Waals surface area (Å²) in [5.41, 5.74) is 1.36. The van der Waals surface area contributed by atoms with Gasteiger partial charge in [0.15, 0.2) is 0 Å². The van der Waals surface area contributed by atoms with Crippen molar-refractivity contribution in [1.82, 2.24) is 0 Å². The molecule has 0 saturated heterocycles. The highest BCUT2D eigenvalue weighted by Gasteiger charge is 2.21. The van der Waals surface area contributed by atoms with Crippen molar-refractivity contribution in [3.8, 4) is 0 Å². The lowest BCUT2D eigenvalue weighted by atomic mass is 10.2. The molecule has 0 aromatic carbocycles. The lowest BCUT2D eigenvalue weighted by Crippen LogP contribution is -1.94. The molecule has 0 atom stereocenters. The van der Waals surface area contributed by atoms with E-state index < -0.39 is 0 Å². The number of ketones is 1. The fourth-order valence-corrected chi connectivity index (χ4v) is 4.95. The van der Waals surface area contributed by atoms with Crippen LogP contribution in [0.5, 0.6) is 0 Å². The molecule has 17 heavy (non-hydrogen) atoms. The number of hydrogen-bond donors (Lipinski definition) is 0. The summed E-state index contributed by atoms with van der Waals surface area (Å²) in [5.74, 6) is 0.0991. The van der Waals surface area contributed by atoms with Crippen LogP contribution < -0.4 is 0 Å². The number of hydrogen-bond acceptors (Lipinski definition) is 3. The number of carbonyl (C=O) groups is 1. The number of fused-ring (bicyclic) bond motifs is 1. The second kappa shape index (κ2) is 4.50. The molecule has 3 rings (SSSR count). The Labute approximate surface area is 121 Å². The van der Waals surface area contributed by atoms with E-state index in [2.05, 4.69) is 22.0 Å². The van der Waals surface area contributed by atoms with Crippen molar-refractivity contribution in [3.63, 3.8) is 0 Å². The van der Waals surface area contributed by atoms with Crippen molar-refractivity contribution < 1.29 is 4.79 Å². The maximum Gasteiger partial charge on any atom is 0.212 e. The highest BCUT2D eigenvalue weighted by molar-refractivity contribution is 9.11. The van der Waals surface area contributed by atoms with Gasteiger partial charge in [-0.15, -0.1) is 22.7 Å². The van der Waals surface area contributed by atoms with Gasteiger partial charge in [0.05, 0.1) is 18.6 Å². The van der Waals surface area contributed by atoms with Crippen LogP contribution in [-0.4, -0.2) is 5.78 Å². The predicted octanol–water partition coefficient (Wildman–Crippen LogP) is 4.95. The summed E-state index contributed by atoms with van der Waals surface area (Å²) in [4.78, 5) is 15.2. The molecule has 2 aromatic heterocycles. The van der Waals surface area contributed by atoms with Crippen LogP contribution in [0.1, 0.15) is 31.4 Å². The van der Waals surface area contributed by atoms with Gasteiger partial charge in [0, 0.05) is 4.88 Å². The van der Waals surface area contributed by atoms with Gasteiger partial charge in [0.2, 0.25) is 5.78 Å². The number of aryl methyl sites for hydroxylation is 2. The Hall–Kier alpha value is -0.160. The molecule has 0 saturated carbocycles. The van der Waals surface area contributed by atoms with Gasteiger partial charge in [0.25, 0.3) is 0 Å². The van der Waals surface area contributed by atoms with Crippen LogP contribution in [0.15, 0.2) is 15.9 Å². The first-order valence-corrected chi connectivity index (χ1v) is 8.06. The van der Waals surface area contributed by atoms with Gasteiger partial charge < -0.3 is 0 Å². The summed E-state index contributed by atoms with van der Waals surface area (Å²) >= 11 is 12.3. The Bertz CT molecular complexity index is 559. The molecule has 0 fully saturated rings. The molecule has 0 spiro atoms. The molecule has 0 amide bonds. The largest absolute Gasteiger partial charge is 0.287 e. The average molecular weight is 348 g/mol. The molecule has 0 bridgehead atoms. The van der Waals surface area contributed by atoms with Crippen molar-refractivity contribution in [2.75, 3.05) is 0 Å². The third-order valence-electron chi connectivity index (χ3n) is 2.84. The average Bonchev–Trinajstić information content (AvgIpc) is 2.92. The number of halogens is 2. The number of carbonyl (C=O) groups excluding carboxylic acids is 1. The van der Waals surface area contributed by atoms with Crippen LogP contribution in [0.4, 0.5) is 0 Å². The minimum absolute atomic E-state index is 0.0991. The normalized spacial score (nSPS) is 14.0. The first kappa shape index (κ1) is 11.9. The molecule has 2 aromatic rings. The zero-order valence-electron chi connectivity index (χ0n) is 8.76. The summed E-state index contributed by atoms with van der Waals surface area (Å²) in [6.07, 6.45) is 3.47. The molecule has 0 radical (unpaired) electrons. The first-order chi connectivity index (χ1) is 8.15.